The first-order valence-corrected chi connectivity index (χ1v) is 7.59. The summed E-state index contributed by atoms with van der Waals surface area (Å²) in [6, 6.07) is 8.72. The van der Waals surface area contributed by atoms with Gasteiger partial charge in [-0.3, -0.25) is 4.79 Å². The van der Waals surface area contributed by atoms with Crippen molar-refractivity contribution in [3.63, 3.8) is 0 Å². The van der Waals surface area contributed by atoms with Crippen molar-refractivity contribution in [3.8, 4) is 6.07 Å². The molecule has 0 unspecified atom stereocenters. The third-order valence-corrected chi connectivity index (χ3v) is 3.52. The average Bonchev–Trinajstić information content (AvgIpc) is 3.10. The van der Waals surface area contributed by atoms with Gasteiger partial charge in [0.1, 0.15) is 6.07 Å². The SMILES string of the molecule is CCOC(=O)/C(C#N)=C/Nc1ccc(C(=O)N2CCCC2)cc1. The van der Waals surface area contributed by atoms with Crippen LogP contribution in [-0.2, 0) is 9.53 Å². The fourth-order valence-electron chi connectivity index (χ4n) is 2.31. The molecule has 0 saturated carbocycles. The molecule has 0 aliphatic carbocycles. The number of rotatable bonds is 5. The lowest BCUT2D eigenvalue weighted by atomic mass is 10.2. The molecule has 120 valence electrons. The topological polar surface area (TPSA) is 82.4 Å². The van der Waals surface area contributed by atoms with Gasteiger partial charge in [-0.05, 0) is 44.0 Å². The van der Waals surface area contributed by atoms with Crippen molar-refractivity contribution in [3.05, 3.63) is 41.6 Å². The lowest BCUT2D eigenvalue weighted by molar-refractivity contribution is -0.138. The molecule has 6 nitrogen and oxygen atoms in total. The lowest BCUT2D eigenvalue weighted by Crippen LogP contribution is -2.27. The Balaban J connectivity index is 2.00. The molecule has 0 spiro atoms. The van der Waals surface area contributed by atoms with Crippen molar-refractivity contribution in [1.82, 2.24) is 4.90 Å². The molecule has 1 aromatic rings. The fourth-order valence-corrected chi connectivity index (χ4v) is 2.31. The van der Waals surface area contributed by atoms with E-state index in [0.717, 1.165) is 25.9 Å². The van der Waals surface area contributed by atoms with Crippen LogP contribution in [0.2, 0.25) is 0 Å². The maximum absolute atomic E-state index is 12.2. The second-order valence-electron chi connectivity index (χ2n) is 5.11. The lowest BCUT2D eigenvalue weighted by Gasteiger charge is -2.15. The van der Waals surface area contributed by atoms with Gasteiger partial charge in [0.05, 0.1) is 6.61 Å². The Morgan fingerprint density at radius 1 is 1.30 bits per heavy atom. The zero-order valence-corrected chi connectivity index (χ0v) is 13.0. The first kappa shape index (κ1) is 16.6. The number of amides is 1. The molecule has 2 rings (SSSR count). The quantitative estimate of drug-likeness (QED) is 0.512. The first-order valence-electron chi connectivity index (χ1n) is 7.59. The molecule has 1 saturated heterocycles. The molecule has 1 N–H and O–H groups in total. The molecule has 1 aliphatic rings. The van der Waals surface area contributed by atoms with Crippen molar-refractivity contribution in [2.75, 3.05) is 25.0 Å². The van der Waals surface area contributed by atoms with Crippen molar-refractivity contribution in [1.29, 1.82) is 5.26 Å². The Bertz CT molecular complexity index is 638. The number of hydrogen-bond donors (Lipinski definition) is 1. The molecule has 0 radical (unpaired) electrons. The van der Waals surface area contributed by atoms with Crippen LogP contribution >= 0.6 is 0 Å². The van der Waals surface area contributed by atoms with E-state index in [4.69, 9.17) is 10.00 Å². The minimum Gasteiger partial charge on any atom is -0.462 e. The number of likely N-dealkylation sites (tertiary alicyclic amines) is 1. The van der Waals surface area contributed by atoms with E-state index in [9.17, 15) is 9.59 Å². The summed E-state index contributed by atoms with van der Waals surface area (Å²) in [5, 5.41) is 11.8. The van der Waals surface area contributed by atoms with Gasteiger partial charge < -0.3 is 15.0 Å². The van der Waals surface area contributed by atoms with E-state index < -0.39 is 5.97 Å². The van der Waals surface area contributed by atoms with Gasteiger partial charge in [-0.1, -0.05) is 0 Å². The fraction of sp³-hybridized carbons (Fsp3) is 0.353. The minimum atomic E-state index is -0.664. The molecular weight excluding hydrogens is 294 g/mol. The number of carbonyl (C=O) groups excluding carboxylic acids is 2. The van der Waals surface area contributed by atoms with Crippen LogP contribution in [0.1, 0.15) is 30.1 Å². The van der Waals surface area contributed by atoms with E-state index in [0.29, 0.717) is 11.3 Å². The molecule has 6 heteroatoms. The summed E-state index contributed by atoms with van der Waals surface area (Å²) in [6.45, 7) is 3.51. The number of anilines is 1. The zero-order chi connectivity index (χ0) is 16.7. The van der Waals surface area contributed by atoms with Gasteiger partial charge in [0.25, 0.3) is 5.91 Å². The molecule has 1 fully saturated rings. The van der Waals surface area contributed by atoms with Gasteiger partial charge in [0, 0.05) is 30.5 Å². The minimum absolute atomic E-state index is 0.0360. The van der Waals surface area contributed by atoms with Gasteiger partial charge in [-0.2, -0.15) is 5.26 Å². The predicted octanol–water partition coefficient (Wildman–Crippen LogP) is 2.31. The summed E-state index contributed by atoms with van der Waals surface area (Å²) in [5.74, 6) is -0.628. The van der Waals surface area contributed by atoms with Gasteiger partial charge in [-0.15, -0.1) is 0 Å². The second kappa shape index (κ2) is 7.99. The van der Waals surface area contributed by atoms with Crippen molar-refractivity contribution < 1.29 is 14.3 Å². The molecule has 0 atom stereocenters. The normalized spacial score (nSPS) is 14.3. The molecule has 1 amide bonds. The third-order valence-electron chi connectivity index (χ3n) is 3.52. The largest absolute Gasteiger partial charge is 0.462 e. The summed E-state index contributed by atoms with van der Waals surface area (Å²) in [4.78, 5) is 25.5. The van der Waals surface area contributed by atoms with E-state index >= 15 is 0 Å². The standard InChI is InChI=1S/C17H19N3O3/c1-2-23-17(22)14(11-18)12-19-15-7-5-13(6-8-15)16(21)20-9-3-4-10-20/h5-8,12,19H,2-4,9-10H2,1H3/b14-12+. The molecule has 0 aromatic heterocycles. The Labute approximate surface area is 135 Å². The summed E-state index contributed by atoms with van der Waals surface area (Å²) in [5.41, 5.74) is 1.21. The number of benzene rings is 1. The van der Waals surface area contributed by atoms with E-state index in [-0.39, 0.29) is 18.1 Å². The van der Waals surface area contributed by atoms with E-state index in [1.165, 1.54) is 6.20 Å². The van der Waals surface area contributed by atoms with E-state index in [2.05, 4.69) is 5.32 Å². The molecule has 1 aliphatic heterocycles. The smallest absolute Gasteiger partial charge is 0.350 e. The van der Waals surface area contributed by atoms with Crippen LogP contribution in [0.3, 0.4) is 0 Å². The van der Waals surface area contributed by atoms with Crippen LogP contribution in [0.25, 0.3) is 0 Å². The number of nitrogens with one attached hydrogen (secondary N) is 1. The number of carbonyl (C=O) groups is 2. The molecule has 1 heterocycles. The molecular formula is C17H19N3O3. The highest BCUT2D eigenvalue weighted by atomic mass is 16.5. The average molecular weight is 313 g/mol. The predicted molar refractivity (Wildman–Crippen MR) is 85.5 cm³/mol. The maximum atomic E-state index is 12.2. The maximum Gasteiger partial charge on any atom is 0.350 e. The van der Waals surface area contributed by atoms with Crippen molar-refractivity contribution in [2.45, 2.75) is 19.8 Å². The van der Waals surface area contributed by atoms with Crippen LogP contribution in [0.4, 0.5) is 5.69 Å². The highest BCUT2D eigenvalue weighted by molar-refractivity contribution is 5.95. The van der Waals surface area contributed by atoms with E-state index in [1.54, 1.807) is 37.3 Å². The van der Waals surface area contributed by atoms with E-state index in [1.807, 2.05) is 4.90 Å². The van der Waals surface area contributed by atoms with Crippen LogP contribution in [0.15, 0.2) is 36.0 Å². The number of hydrogen-bond acceptors (Lipinski definition) is 5. The number of esters is 1. The van der Waals surface area contributed by atoms with Crippen LogP contribution in [0.5, 0.6) is 0 Å². The van der Waals surface area contributed by atoms with Crippen molar-refractivity contribution in [2.24, 2.45) is 0 Å². The van der Waals surface area contributed by atoms with Crippen LogP contribution in [-0.4, -0.2) is 36.5 Å². The molecule has 23 heavy (non-hydrogen) atoms. The Morgan fingerprint density at radius 3 is 2.52 bits per heavy atom. The Kier molecular flexibility index (Phi) is 5.75. The number of nitrogens with zero attached hydrogens (tertiary/aromatic N) is 2. The Morgan fingerprint density at radius 2 is 1.96 bits per heavy atom. The second-order valence-corrected chi connectivity index (χ2v) is 5.11. The summed E-state index contributed by atoms with van der Waals surface area (Å²) >= 11 is 0. The number of nitriles is 1. The first-order chi connectivity index (χ1) is 11.2. The van der Waals surface area contributed by atoms with Gasteiger partial charge >= 0.3 is 5.97 Å². The van der Waals surface area contributed by atoms with Gasteiger partial charge in [0.15, 0.2) is 5.57 Å². The number of ether oxygens (including phenoxy) is 1. The highest BCUT2D eigenvalue weighted by Gasteiger charge is 2.19. The van der Waals surface area contributed by atoms with Crippen LogP contribution in [0, 0.1) is 11.3 Å². The van der Waals surface area contributed by atoms with Crippen molar-refractivity contribution >= 4 is 17.6 Å². The van der Waals surface area contributed by atoms with Gasteiger partial charge in [-0.25, -0.2) is 4.79 Å². The zero-order valence-electron chi connectivity index (χ0n) is 13.0. The summed E-state index contributed by atoms with van der Waals surface area (Å²) in [7, 11) is 0. The van der Waals surface area contributed by atoms with Gasteiger partial charge in [0.2, 0.25) is 0 Å². The van der Waals surface area contributed by atoms with Crippen LogP contribution < -0.4 is 5.32 Å². The molecule has 0 bridgehead atoms. The summed E-state index contributed by atoms with van der Waals surface area (Å²) < 4.78 is 4.77. The molecule has 1 aromatic carbocycles. The highest BCUT2D eigenvalue weighted by Crippen LogP contribution is 2.15. The monoisotopic (exact) mass is 313 g/mol. The Hall–Kier alpha value is -2.81. The summed E-state index contributed by atoms with van der Waals surface area (Å²) in [6.07, 6.45) is 3.41. The third kappa shape index (κ3) is 4.33.